The lowest BCUT2D eigenvalue weighted by Gasteiger charge is -2.10. The predicted molar refractivity (Wildman–Crippen MR) is 114 cm³/mol. The van der Waals surface area contributed by atoms with Gasteiger partial charge in [0, 0.05) is 6.54 Å². The Bertz CT molecular complexity index is 1050. The molecule has 9 heteroatoms. The number of carbonyl (C=O) groups excluding carboxylic acids is 2. The molecule has 0 spiro atoms. The van der Waals surface area contributed by atoms with Crippen molar-refractivity contribution < 1.29 is 19.1 Å². The fourth-order valence-corrected chi connectivity index (χ4v) is 2.76. The Labute approximate surface area is 179 Å². The van der Waals surface area contributed by atoms with E-state index in [-0.39, 0.29) is 5.70 Å². The lowest BCUT2D eigenvalue weighted by atomic mass is 10.1. The van der Waals surface area contributed by atoms with Gasteiger partial charge in [-0.05, 0) is 53.1 Å². The van der Waals surface area contributed by atoms with Gasteiger partial charge in [-0.3, -0.25) is 4.79 Å². The standard InChI is InChI=1S/C22H23N5O4/c1-16-24-25-26-27(16)20(14-18-6-4-3-5-7-18)22(29)31-15-21(28)23-13-12-17-8-10-19(30-2)11-9-17/h3-11,14H,12-13,15H2,1-2H3,(H,23,28)/b20-14-. The largest absolute Gasteiger partial charge is 0.497 e. The van der Waals surface area contributed by atoms with Gasteiger partial charge in [0.05, 0.1) is 7.11 Å². The third-order valence-electron chi connectivity index (χ3n) is 4.39. The average molecular weight is 421 g/mol. The van der Waals surface area contributed by atoms with Gasteiger partial charge in [-0.1, -0.05) is 42.5 Å². The fourth-order valence-electron chi connectivity index (χ4n) is 2.76. The quantitative estimate of drug-likeness (QED) is 0.415. The maximum Gasteiger partial charge on any atom is 0.357 e. The monoisotopic (exact) mass is 421 g/mol. The minimum absolute atomic E-state index is 0.111. The smallest absolute Gasteiger partial charge is 0.357 e. The molecule has 9 nitrogen and oxygen atoms in total. The molecule has 0 fully saturated rings. The lowest BCUT2D eigenvalue weighted by Crippen LogP contribution is -2.31. The van der Waals surface area contributed by atoms with Crippen molar-refractivity contribution in [3.05, 3.63) is 71.5 Å². The SMILES string of the molecule is COc1ccc(CCNC(=O)COC(=O)/C(=C/c2ccccc2)n2nnnc2C)cc1. The van der Waals surface area contributed by atoms with Crippen molar-refractivity contribution >= 4 is 23.6 Å². The van der Waals surface area contributed by atoms with Crippen LogP contribution >= 0.6 is 0 Å². The van der Waals surface area contributed by atoms with E-state index in [1.54, 1.807) is 20.1 Å². The van der Waals surface area contributed by atoms with Gasteiger partial charge in [-0.15, -0.1) is 5.10 Å². The van der Waals surface area contributed by atoms with Crippen LogP contribution in [0.3, 0.4) is 0 Å². The van der Waals surface area contributed by atoms with E-state index < -0.39 is 18.5 Å². The summed E-state index contributed by atoms with van der Waals surface area (Å²) in [6.07, 6.45) is 2.25. The van der Waals surface area contributed by atoms with Gasteiger partial charge < -0.3 is 14.8 Å². The van der Waals surface area contributed by atoms with Gasteiger partial charge in [0.25, 0.3) is 5.91 Å². The van der Waals surface area contributed by atoms with E-state index in [9.17, 15) is 9.59 Å². The van der Waals surface area contributed by atoms with Crippen LogP contribution in [0, 0.1) is 6.92 Å². The maximum atomic E-state index is 12.7. The second-order valence-electron chi connectivity index (χ2n) is 6.60. The molecule has 3 aromatic rings. The van der Waals surface area contributed by atoms with Crippen LogP contribution in [0.4, 0.5) is 0 Å². The number of benzene rings is 2. The molecule has 0 saturated heterocycles. The van der Waals surface area contributed by atoms with Crippen LogP contribution < -0.4 is 10.1 Å². The molecule has 31 heavy (non-hydrogen) atoms. The Hall–Kier alpha value is -4.01. The van der Waals surface area contributed by atoms with Crippen LogP contribution in [-0.4, -0.2) is 52.3 Å². The molecule has 1 N–H and O–H groups in total. The zero-order valence-corrected chi connectivity index (χ0v) is 17.3. The summed E-state index contributed by atoms with van der Waals surface area (Å²) in [6, 6.07) is 16.8. The Morgan fingerprint density at radius 3 is 2.48 bits per heavy atom. The highest BCUT2D eigenvalue weighted by molar-refractivity contribution is 6.15. The van der Waals surface area contributed by atoms with E-state index in [2.05, 4.69) is 20.8 Å². The lowest BCUT2D eigenvalue weighted by molar-refractivity contribution is -0.143. The van der Waals surface area contributed by atoms with Gasteiger partial charge >= 0.3 is 5.97 Å². The number of esters is 1. The van der Waals surface area contributed by atoms with Gasteiger partial charge in [0.15, 0.2) is 18.1 Å². The Kier molecular flexibility index (Phi) is 7.47. The topological polar surface area (TPSA) is 108 Å². The van der Waals surface area contributed by atoms with E-state index in [0.717, 1.165) is 16.9 Å². The van der Waals surface area contributed by atoms with Crippen LogP contribution in [0.1, 0.15) is 17.0 Å². The van der Waals surface area contributed by atoms with Crippen LogP contribution in [0.2, 0.25) is 0 Å². The molecule has 0 saturated carbocycles. The molecule has 0 radical (unpaired) electrons. The Morgan fingerprint density at radius 1 is 1.10 bits per heavy atom. The summed E-state index contributed by atoms with van der Waals surface area (Å²) in [6.45, 7) is 1.67. The number of hydrogen-bond acceptors (Lipinski definition) is 7. The highest BCUT2D eigenvalue weighted by atomic mass is 16.5. The number of amides is 1. The highest BCUT2D eigenvalue weighted by Gasteiger charge is 2.19. The summed E-state index contributed by atoms with van der Waals surface area (Å²) in [5.74, 6) is 0.0962. The van der Waals surface area contributed by atoms with Crippen molar-refractivity contribution in [1.82, 2.24) is 25.5 Å². The van der Waals surface area contributed by atoms with E-state index in [4.69, 9.17) is 9.47 Å². The molecule has 3 rings (SSSR count). The molecule has 160 valence electrons. The van der Waals surface area contributed by atoms with E-state index in [0.29, 0.717) is 18.8 Å². The first kappa shape index (κ1) is 21.7. The number of nitrogens with zero attached hydrogens (tertiary/aromatic N) is 4. The van der Waals surface area contributed by atoms with Gasteiger partial charge in [-0.25, -0.2) is 4.79 Å². The Balaban J connectivity index is 1.55. The molecule has 0 aliphatic rings. The molecule has 1 amide bonds. The van der Waals surface area contributed by atoms with Crippen LogP contribution in [0.5, 0.6) is 5.75 Å². The molecule has 1 heterocycles. The number of hydrogen-bond donors (Lipinski definition) is 1. The van der Waals surface area contributed by atoms with E-state index >= 15 is 0 Å². The second kappa shape index (κ2) is 10.7. The predicted octanol–water partition coefficient (Wildman–Crippen LogP) is 1.89. The van der Waals surface area contributed by atoms with E-state index in [1.807, 2.05) is 54.6 Å². The van der Waals surface area contributed by atoms with Gasteiger partial charge in [0.1, 0.15) is 5.75 Å². The molecule has 0 aliphatic heterocycles. The third kappa shape index (κ3) is 6.23. The number of carbonyl (C=O) groups is 2. The minimum atomic E-state index is -0.704. The van der Waals surface area contributed by atoms with Crippen molar-refractivity contribution in [1.29, 1.82) is 0 Å². The number of aryl methyl sites for hydroxylation is 1. The summed E-state index contributed by atoms with van der Waals surface area (Å²) in [5, 5.41) is 13.9. The molecule has 0 bridgehead atoms. The van der Waals surface area contributed by atoms with Gasteiger partial charge in [0.2, 0.25) is 0 Å². The first-order valence-electron chi connectivity index (χ1n) is 9.65. The summed E-state index contributed by atoms with van der Waals surface area (Å²) < 4.78 is 11.6. The normalized spacial score (nSPS) is 11.1. The molecular formula is C22H23N5O4. The molecule has 0 aliphatic carbocycles. The molecule has 1 aromatic heterocycles. The number of tetrazole rings is 1. The second-order valence-corrected chi connectivity index (χ2v) is 6.60. The number of methoxy groups -OCH3 is 1. The third-order valence-corrected chi connectivity index (χ3v) is 4.39. The maximum absolute atomic E-state index is 12.7. The highest BCUT2D eigenvalue weighted by Crippen LogP contribution is 2.14. The van der Waals surface area contributed by atoms with Crippen LogP contribution in [0.25, 0.3) is 11.8 Å². The number of ether oxygens (including phenoxy) is 2. The van der Waals surface area contributed by atoms with Crippen molar-refractivity contribution in [2.24, 2.45) is 0 Å². The molecule has 0 unspecified atom stereocenters. The molecule has 0 atom stereocenters. The summed E-state index contributed by atoms with van der Waals surface area (Å²) in [4.78, 5) is 24.8. The molecular weight excluding hydrogens is 398 g/mol. The summed E-state index contributed by atoms with van der Waals surface area (Å²) in [7, 11) is 1.61. The molecule has 2 aromatic carbocycles. The zero-order chi connectivity index (χ0) is 22.1. The van der Waals surface area contributed by atoms with Crippen molar-refractivity contribution in [3.8, 4) is 5.75 Å². The van der Waals surface area contributed by atoms with E-state index in [1.165, 1.54) is 4.68 Å². The van der Waals surface area contributed by atoms with Crippen LogP contribution in [-0.2, 0) is 20.7 Å². The minimum Gasteiger partial charge on any atom is -0.497 e. The van der Waals surface area contributed by atoms with Crippen molar-refractivity contribution in [2.45, 2.75) is 13.3 Å². The first-order chi connectivity index (χ1) is 15.1. The van der Waals surface area contributed by atoms with Crippen molar-refractivity contribution in [2.75, 3.05) is 20.3 Å². The summed E-state index contributed by atoms with van der Waals surface area (Å²) in [5.41, 5.74) is 1.94. The fraction of sp³-hybridized carbons (Fsp3) is 0.227. The Morgan fingerprint density at radius 2 is 1.84 bits per heavy atom. The first-order valence-corrected chi connectivity index (χ1v) is 9.65. The average Bonchev–Trinajstić information content (AvgIpc) is 3.22. The van der Waals surface area contributed by atoms with Gasteiger partial charge in [-0.2, -0.15) is 4.68 Å². The van der Waals surface area contributed by atoms with Crippen molar-refractivity contribution in [3.63, 3.8) is 0 Å². The number of aromatic nitrogens is 4. The number of nitrogens with one attached hydrogen (secondary N) is 1. The van der Waals surface area contributed by atoms with Crippen LogP contribution in [0.15, 0.2) is 54.6 Å². The number of rotatable bonds is 9. The summed E-state index contributed by atoms with van der Waals surface area (Å²) >= 11 is 0. The zero-order valence-electron chi connectivity index (χ0n) is 17.3.